The Morgan fingerprint density at radius 2 is 1.76 bits per heavy atom. The number of aromatic carboxylic acids is 1. The van der Waals surface area contributed by atoms with Gasteiger partial charge < -0.3 is 14.4 Å². The molecule has 12 heteroatoms. The van der Waals surface area contributed by atoms with E-state index in [2.05, 4.69) is 9.97 Å². The first-order chi connectivity index (χ1) is 13.5. The summed E-state index contributed by atoms with van der Waals surface area (Å²) in [5, 5.41) is 9.51. The number of halogens is 1. The topological polar surface area (TPSA) is 134 Å². The van der Waals surface area contributed by atoms with Crippen LogP contribution in [0, 0.1) is 20.8 Å². The zero-order chi connectivity index (χ0) is 21.5. The Hall–Kier alpha value is -2.50. The second-order valence-corrected chi connectivity index (χ2v) is 8.82. The van der Waals surface area contributed by atoms with Crippen LogP contribution < -0.4 is 0 Å². The highest BCUT2D eigenvalue weighted by Gasteiger charge is 2.37. The van der Waals surface area contributed by atoms with Gasteiger partial charge in [-0.25, -0.2) is 23.2 Å². The third-order valence-electron chi connectivity index (χ3n) is 4.61. The maximum atomic E-state index is 13.0. The SMILES string of the molecule is Cc1ncc(Cl)c(C(=O)N2CCN(S(=O)(=O)c3c(C)oc(C)c3C(=O)O)CC2)n1. The van der Waals surface area contributed by atoms with E-state index < -0.39 is 21.9 Å². The van der Waals surface area contributed by atoms with Gasteiger partial charge in [-0.15, -0.1) is 0 Å². The summed E-state index contributed by atoms with van der Waals surface area (Å²) in [7, 11) is -4.11. The number of carboxylic acids is 1. The van der Waals surface area contributed by atoms with Gasteiger partial charge in [-0.05, 0) is 20.8 Å². The van der Waals surface area contributed by atoms with E-state index in [1.165, 1.54) is 24.9 Å². The summed E-state index contributed by atoms with van der Waals surface area (Å²) < 4.78 is 32.5. The first-order valence-electron chi connectivity index (χ1n) is 8.66. The van der Waals surface area contributed by atoms with Crippen molar-refractivity contribution in [2.45, 2.75) is 25.7 Å². The van der Waals surface area contributed by atoms with Crippen molar-refractivity contribution in [3.05, 3.63) is 39.8 Å². The molecule has 10 nitrogen and oxygen atoms in total. The average molecular weight is 443 g/mol. The number of hydrogen-bond acceptors (Lipinski definition) is 7. The molecule has 1 fully saturated rings. The molecule has 1 saturated heterocycles. The number of amides is 1. The van der Waals surface area contributed by atoms with E-state index in [0.717, 1.165) is 4.31 Å². The predicted octanol–water partition coefficient (Wildman–Crippen LogP) is 1.49. The second-order valence-electron chi connectivity index (χ2n) is 6.53. The van der Waals surface area contributed by atoms with Crippen molar-refractivity contribution in [1.29, 1.82) is 0 Å². The number of aryl methyl sites for hydroxylation is 3. The molecular weight excluding hydrogens is 424 g/mol. The lowest BCUT2D eigenvalue weighted by molar-refractivity contribution is 0.0688. The predicted molar refractivity (Wildman–Crippen MR) is 102 cm³/mol. The van der Waals surface area contributed by atoms with Gasteiger partial charge in [-0.3, -0.25) is 4.79 Å². The zero-order valence-corrected chi connectivity index (χ0v) is 17.5. The van der Waals surface area contributed by atoms with Crippen LogP contribution in [0.5, 0.6) is 0 Å². The Morgan fingerprint density at radius 3 is 2.34 bits per heavy atom. The van der Waals surface area contributed by atoms with Crippen molar-refractivity contribution in [3.8, 4) is 0 Å². The lowest BCUT2D eigenvalue weighted by atomic mass is 10.2. The van der Waals surface area contributed by atoms with Crippen LogP contribution in [-0.2, 0) is 10.0 Å². The summed E-state index contributed by atoms with van der Waals surface area (Å²) in [6, 6.07) is 0. The summed E-state index contributed by atoms with van der Waals surface area (Å²) in [6.07, 6.45) is 1.34. The zero-order valence-electron chi connectivity index (χ0n) is 16.0. The maximum Gasteiger partial charge on any atom is 0.340 e. The smallest absolute Gasteiger partial charge is 0.340 e. The van der Waals surface area contributed by atoms with Crippen LogP contribution in [0.1, 0.15) is 38.2 Å². The molecule has 2 aromatic rings. The van der Waals surface area contributed by atoms with Crippen LogP contribution in [0.15, 0.2) is 15.5 Å². The number of furan rings is 1. The number of carbonyl (C=O) groups excluding carboxylic acids is 1. The number of sulfonamides is 1. The number of hydrogen-bond donors (Lipinski definition) is 1. The van der Waals surface area contributed by atoms with Crippen LogP contribution in [0.25, 0.3) is 0 Å². The van der Waals surface area contributed by atoms with Crippen molar-refractivity contribution in [2.75, 3.05) is 26.2 Å². The minimum atomic E-state index is -4.11. The van der Waals surface area contributed by atoms with Crippen LogP contribution >= 0.6 is 11.6 Å². The average Bonchev–Trinajstić information content (AvgIpc) is 2.98. The van der Waals surface area contributed by atoms with E-state index in [-0.39, 0.29) is 58.9 Å². The van der Waals surface area contributed by atoms with Crippen molar-refractivity contribution in [3.63, 3.8) is 0 Å². The Balaban J connectivity index is 1.81. The molecule has 1 aliphatic heterocycles. The fourth-order valence-electron chi connectivity index (χ4n) is 3.24. The van der Waals surface area contributed by atoms with E-state index in [9.17, 15) is 23.1 Å². The third kappa shape index (κ3) is 3.85. The molecule has 2 aromatic heterocycles. The first-order valence-corrected chi connectivity index (χ1v) is 10.5. The molecule has 0 atom stereocenters. The molecule has 0 unspecified atom stereocenters. The molecule has 0 aromatic carbocycles. The molecule has 29 heavy (non-hydrogen) atoms. The molecule has 0 aliphatic carbocycles. The number of nitrogens with zero attached hydrogens (tertiary/aromatic N) is 4. The van der Waals surface area contributed by atoms with Gasteiger partial charge in [0, 0.05) is 26.2 Å². The van der Waals surface area contributed by atoms with Gasteiger partial charge in [0.15, 0.2) is 5.69 Å². The number of aromatic nitrogens is 2. The number of carboxylic acid groups (broad SMARTS) is 1. The minimum absolute atomic E-state index is 0.00150. The first kappa shape index (κ1) is 21.2. The van der Waals surface area contributed by atoms with E-state index >= 15 is 0 Å². The third-order valence-corrected chi connectivity index (χ3v) is 6.94. The van der Waals surface area contributed by atoms with Gasteiger partial charge in [-0.1, -0.05) is 11.6 Å². The van der Waals surface area contributed by atoms with Crippen molar-refractivity contribution in [2.24, 2.45) is 0 Å². The number of piperazine rings is 1. The molecule has 3 rings (SSSR count). The van der Waals surface area contributed by atoms with Gasteiger partial charge in [0.1, 0.15) is 27.8 Å². The van der Waals surface area contributed by atoms with Gasteiger partial charge in [0.2, 0.25) is 10.0 Å². The Labute approximate surface area is 172 Å². The van der Waals surface area contributed by atoms with Gasteiger partial charge in [0.25, 0.3) is 5.91 Å². The van der Waals surface area contributed by atoms with Crippen molar-refractivity contribution in [1.82, 2.24) is 19.2 Å². The molecule has 0 spiro atoms. The van der Waals surface area contributed by atoms with Crippen LogP contribution in [0.4, 0.5) is 0 Å². The second kappa shape index (κ2) is 7.73. The highest BCUT2D eigenvalue weighted by atomic mass is 35.5. The molecule has 0 radical (unpaired) electrons. The number of carbonyl (C=O) groups is 2. The summed E-state index contributed by atoms with van der Waals surface area (Å²) in [4.78, 5) is 33.3. The molecule has 1 N–H and O–H groups in total. The molecule has 0 saturated carbocycles. The van der Waals surface area contributed by atoms with Gasteiger partial charge >= 0.3 is 5.97 Å². The lowest BCUT2D eigenvalue weighted by Gasteiger charge is -2.33. The fourth-order valence-corrected chi connectivity index (χ4v) is 5.20. The van der Waals surface area contributed by atoms with E-state index in [4.69, 9.17) is 16.0 Å². The van der Waals surface area contributed by atoms with E-state index in [0.29, 0.717) is 5.82 Å². The lowest BCUT2D eigenvalue weighted by Crippen LogP contribution is -2.50. The standard InChI is InChI=1S/C17H19ClN4O6S/c1-9-13(17(24)25)15(10(2)28-9)29(26,27)22-6-4-21(5-7-22)16(23)14-12(18)8-19-11(3)20-14/h8H,4-7H2,1-3H3,(H,24,25). The summed E-state index contributed by atoms with van der Waals surface area (Å²) in [5.41, 5.74) is -0.311. The molecule has 1 amide bonds. The molecule has 3 heterocycles. The monoisotopic (exact) mass is 442 g/mol. The van der Waals surface area contributed by atoms with Crippen LogP contribution in [-0.4, -0.2) is 70.8 Å². The number of rotatable bonds is 4. The molecule has 156 valence electrons. The quantitative estimate of drug-likeness (QED) is 0.752. The Morgan fingerprint density at radius 1 is 1.14 bits per heavy atom. The van der Waals surface area contributed by atoms with Crippen molar-refractivity contribution < 1.29 is 27.5 Å². The molecule has 1 aliphatic rings. The Bertz CT molecular complexity index is 1090. The van der Waals surface area contributed by atoms with Crippen LogP contribution in [0.3, 0.4) is 0 Å². The highest BCUT2D eigenvalue weighted by Crippen LogP contribution is 2.30. The van der Waals surface area contributed by atoms with E-state index in [1.807, 2.05) is 0 Å². The summed E-state index contributed by atoms with van der Waals surface area (Å²) in [6.45, 7) is 4.65. The van der Waals surface area contributed by atoms with Crippen molar-refractivity contribution >= 4 is 33.5 Å². The maximum absolute atomic E-state index is 13.0. The van der Waals surface area contributed by atoms with Gasteiger partial charge in [0.05, 0.1) is 11.2 Å². The van der Waals surface area contributed by atoms with Crippen LogP contribution in [0.2, 0.25) is 5.02 Å². The highest BCUT2D eigenvalue weighted by molar-refractivity contribution is 7.89. The largest absolute Gasteiger partial charge is 0.478 e. The molecule has 0 bridgehead atoms. The normalized spacial score (nSPS) is 15.5. The van der Waals surface area contributed by atoms with Gasteiger partial charge in [-0.2, -0.15) is 4.31 Å². The van der Waals surface area contributed by atoms with E-state index in [1.54, 1.807) is 6.92 Å². The fraction of sp³-hybridized carbons (Fsp3) is 0.412. The minimum Gasteiger partial charge on any atom is -0.478 e. The molecular formula is C17H19ClN4O6S. The summed E-state index contributed by atoms with van der Waals surface area (Å²) in [5.74, 6) is -1.36. The Kier molecular flexibility index (Phi) is 5.65. The summed E-state index contributed by atoms with van der Waals surface area (Å²) >= 11 is 6.01.